The van der Waals surface area contributed by atoms with E-state index in [9.17, 15) is 18.1 Å². The monoisotopic (exact) mass is 336 g/mol. The normalized spacial score (nSPS) is 14.9. The summed E-state index contributed by atoms with van der Waals surface area (Å²) in [5.41, 5.74) is 0. The Morgan fingerprint density at radius 3 is 1.64 bits per heavy atom. The predicted octanol–water partition coefficient (Wildman–Crippen LogP) is 4.71. The Labute approximate surface area is 137 Å². The summed E-state index contributed by atoms with van der Waals surface area (Å²) in [5.74, 6) is 0. The maximum Gasteiger partial charge on any atom is 0.270 e. The fourth-order valence-corrected chi connectivity index (χ4v) is 3.81. The van der Waals surface area contributed by atoms with Gasteiger partial charge in [-0.1, -0.05) is 84.5 Å². The molecule has 5 heteroatoms. The molecule has 0 aromatic carbocycles. The topological polar surface area (TPSA) is 74.6 Å². The highest BCUT2D eigenvalue weighted by Crippen LogP contribution is 2.19. The van der Waals surface area contributed by atoms with Crippen molar-refractivity contribution < 1.29 is 18.1 Å². The third-order valence-electron chi connectivity index (χ3n) is 4.26. The molecule has 2 atom stereocenters. The zero-order valence-corrected chi connectivity index (χ0v) is 15.3. The van der Waals surface area contributed by atoms with E-state index in [2.05, 4.69) is 13.8 Å². The highest BCUT2D eigenvalue weighted by molar-refractivity contribution is 7.86. The van der Waals surface area contributed by atoms with Gasteiger partial charge in [0.15, 0.2) is 0 Å². The zero-order chi connectivity index (χ0) is 16.8. The molecule has 0 bridgehead atoms. The Bertz CT molecular complexity index is 341. The number of hydrogen-bond donors (Lipinski definition) is 2. The summed E-state index contributed by atoms with van der Waals surface area (Å²) in [6.45, 7) is 4.29. The molecule has 0 aromatic heterocycles. The van der Waals surface area contributed by atoms with Crippen LogP contribution in [0.25, 0.3) is 0 Å². The Kier molecular flexibility index (Phi) is 13.2. The second-order valence-corrected chi connectivity index (χ2v) is 8.02. The molecule has 2 unspecified atom stereocenters. The molecule has 0 heterocycles. The van der Waals surface area contributed by atoms with Crippen molar-refractivity contribution in [2.45, 2.75) is 109 Å². The second-order valence-electron chi connectivity index (χ2n) is 6.38. The molecule has 0 aliphatic carbocycles. The average molecular weight is 337 g/mol. The van der Waals surface area contributed by atoms with Crippen molar-refractivity contribution in [2.75, 3.05) is 0 Å². The van der Waals surface area contributed by atoms with Crippen molar-refractivity contribution in [3.8, 4) is 0 Å². The van der Waals surface area contributed by atoms with Crippen molar-refractivity contribution in [1.29, 1.82) is 0 Å². The lowest BCUT2D eigenvalue weighted by Gasteiger charge is -2.20. The van der Waals surface area contributed by atoms with Crippen LogP contribution >= 0.6 is 0 Å². The number of aliphatic hydroxyl groups excluding tert-OH is 1. The van der Waals surface area contributed by atoms with Crippen molar-refractivity contribution in [2.24, 2.45) is 0 Å². The summed E-state index contributed by atoms with van der Waals surface area (Å²) in [6, 6.07) is 0. The molecule has 0 rings (SSSR count). The van der Waals surface area contributed by atoms with E-state index in [4.69, 9.17) is 0 Å². The molecule has 0 saturated heterocycles. The van der Waals surface area contributed by atoms with Crippen molar-refractivity contribution in [3.63, 3.8) is 0 Å². The molecule has 0 fully saturated rings. The quantitative estimate of drug-likeness (QED) is 0.335. The summed E-state index contributed by atoms with van der Waals surface area (Å²) in [6.07, 6.45) is 11.6. The lowest BCUT2D eigenvalue weighted by Crippen LogP contribution is -2.33. The molecule has 22 heavy (non-hydrogen) atoms. The molecule has 134 valence electrons. The molecule has 0 aliphatic heterocycles. The molecular formula is C17H36O4S. The van der Waals surface area contributed by atoms with Gasteiger partial charge >= 0.3 is 0 Å². The average Bonchev–Trinajstić information content (AvgIpc) is 2.45. The van der Waals surface area contributed by atoms with Gasteiger partial charge in [0.05, 0.1) is 6.10 Å². The molecule has 0 radical (unpaired) electrons. The van der Waals surface area contributed by atoms with Gasteiger partial charge in [0, 0.05) is 0 Å². The highest BCUT2D eigenvalue weighted by Gasteiger charge is 2.29. The van der Waals surface area contributed by atoms with Crippen LogP contribution in [0, 0.1) is 0 Å². The van der Waals surface area contributed by atoms with Crippen LogP contribution in [0.4, 0.5) is 0 Å². The molecular weight excluding hydrogens is 300 g/mol. The molecule has 0 aromatic rings. The largest absolute Gasteiger partial charge is 0.392 e. The van der Waals surface area contributed by atoms with E-state index < -0.39 is 21.5 Å². The summed E-state index contributed by atoms with van der Waals surface area (Å²) in [4.78, 5) is 0. The standard InChI is InChI=1S/C17H36O4S/c1-3-5-7-9-10-11-13-15-17(22(19,20)21)16(18)14-12-8-6-4-2/h16-18H,3-15H2,1-2H3,(H,19,20,21). The SMILES string of the molecule is CCCCCCCCCC(C(O)CCCCCC)S(=O)(=O)O. The summed E-state index contributed by atoms with van der Waals surface area (Å²) >= 11 is 0. The first-order valence-electron chi connectivity index (χ1n) is 9.07. The van der Waals surface area contributed by atoms with Crippen molar-refractivity contribution in [3.05, 3.63) is 0 Å². The summed E-state index contributed by atoms with van der Waals surface area (Å²) < 4.78 is 32.3. The third-order valence-corrected chi connectivity index (χ3v) is 5.57. The molecule has 0 spiro atoms. The van der Waals surface area contributed by atoms with E-state index in [1.165, 1.54) is 25.7 Å². The van der Waals surface area contributed by atoms with E-state index in [1.807, 2.05) is 0 Å². The van der Waals surface area contributed by atoms with Gasteiger partial charge in [-0.05, 0) is 12.8 Å². The lowest BCUT2D eigenvalue weighted by atomic mass is 10.0. The molecule has 0 aliphatic rings. The van der Waals surface area contributed by atoms with Gasteiger partial charge in [-0.3, -0.25) is 4.55 Å². The lowest BCUT2D eigenvalue weighted by molar-refractivity contribution is 0.146. The fourth-order valence-electron chi connectivity index (χ4n) is 2.81. The predicted molar refractivity (Wildman–Crippen MR) is 92.7 cm³/mol. The van der Waals surface area contributed by atoms with E-state index in [-0.39, 0.29) is 0 Å². The number of unbranched alkanes of at least 4 members (excludes halogenated alkanes) is 9. The molecule has 0 amide bonds. The number of hydrogen-bond acceptors (Lipinski definition) is 3. The van der Waals surface area contributed by atoms with Crippen molar-refractivity contribution in [1.82, 2.24) is 0 Å². The fraction of sp³-hybridized carbons (Fsp3) is 1.00. The Balaban J connectivity index is 4.03. The summed E-state index contributed by atoms with van der Waals surface area (Å²) in [5, 5.41) is 9.07. The minimum Gasteiger partial charge on any atom is -0.392 e. The van der Waals surface area contributed by atoms with Gasteiger partial charge in [0.2, 0.25) is 0 Å². The number of aliphatic hydroxyl groups is 1. The van der Waals surface area contributed by atoms with Gasteiger partial charge in [-0.25, -0.2) is 0 Å². The first-order valence-corrected chi connectivity index (χ1v) is 10.6. The van der Waals surface area contributed by atoms with E-state index >= 15 is 0 Å². The zero-order valence-electron chi connectivity index (χ0n) is 14.5. The molecule has 0 saturated carbocycles. The van der Waals surface area contributed by atoms with Crippen LogP contribution in [0.15, 0.2) is 0 Å². The third kappa shape index (κ3) is 11.4. The minimum absolute atomic E-state index is 0.363. The van der Waals surface area contributed by atoms with Gasteiger partial charge < -0.3 is 5.11 Å². The van der Waals surface area contributed by atoms with Crippen LogP contribution in [0.1, 0.15) is 97.3 Å². The van der Waals surface area contributed by atoms with E-state index in [0.717, 1.165) is 44.9 Å². The van der Waals surface area contributed by atoms with Crippen LogP contribution in [0.5, 0.6) is 0 Å². The van der Waals surface area contributed by atoms with Gasteiger partial charge in [0.1, 0.15) is 5.25 Å². The van der Waals surface area contributed by atoms with Crippen molar-refractivity contribution >= 4 is 10.1 Å². The maximum absolute atomic E-state index is 11.5. The first-order chi connectivity index (χ1) is 10.4. The first kappa shape index (κ1) is 21.9. The Morgan fingerprint density at radius 1 is 0.727 bits per heavy atom. The van der Waals surface area contributed by atoms with E-state index in [0.29, 0.717) is 12.8 Å². The van der Waals surface area contributed by atoms with Crippen LogP contribution in [0.2, 0.25) is 0 Å². The Hall–Kier alpha value is -0.130. The molecule has 4 nitrogen and oxygen atoms in total. The van der Waals surface area contributed by atoms with Gasteiger partial charge in [-0.2, -0.15) is 8.42 Å². The Morgan fingerprint density at radius 2 is 1.14 bits per heavy atom. The number of rotatable bonds is 15. The van der Waals surface area contributed by atoms with Crippen LogP contribution in [-0.4, -0.2) is 29.4 Å². The minimum atomic E-state index is -4.16. The van der Waals surface area contributed by atoms with Gasteiger partial charge in [0.25, 0.3) is 10.1 Å². The molecule has 2 N–H and O–H groups in total. The van der Waals surface area contributed by atoms with E-state index in [1.54, 1.807) is 0 Å². The van der Waals surface area contributed by atoms with Crippen LogP contribution in [-0.2, 0) is 10.1 Å². The highest BCUT2D eigenvalue weighted by atomic mass is 32.2. The maximum atomic E-state index is 11.5. The van der Waals surface area contributed by atoms with Crippen LogP contribution < -0.4 is 0 Å². The second kappa shape index (κ2) is 13.3. The smallest absolute Gasteiger partial charge is 0.270 e. The van der Waals surface area contributed by atoms with Gasteiger partial charge in [-0.15, -0.1) is 0 Å². The van der Waals surface area contributed by atoms with Crippen LogP contribution in [0.3, 0.4) is 0 Å². The summed E-state index contributed by atoms with van der Waals surface area (Å²) in [7, 11) is -4.16.